The Morgan fingerprint density at radius 2 is 2.05 bits per heavy atom. The fraction of sp³-hybridized carbons (Fsp3) is 0.133. The maximum absolute atomic E-state index is 13.9. The first-order valence-corrected chi connectivity index (χ1v) is 6.89. The minimum absolute atomic E-state index is 0.0681. The summed E-state index contributed by atoms with van der Waals surface area (Å²) >= 11 is 3.18. The zero-order valence-electron chi connectivity index (χ0n) is 10.4. The molecule has 3 rings (SSSR count). The van der Waals surface area contributed by atoms with Gasteiger partial charge in [-0.2, -0.15) is 0 Å². The van der Waals surface area contributed by atoms with Crippen molar-refractivity contribution in [2.45, 2.75) is 12.5 Å². The van der Waals surface area contributed by atoms with E-state index in [9.17, 15) is 14.3 Å². The molecule has 3 nitrogen and oxygen atoms in total. The maximum Gasteiger partial charge on any atom is 0.228 e. The van der Waals surface area contributed by atoms with Crippen molar-refractivity contribution in [1.82, 2.24) is 0 Å². The monoisotopic (exact) mass is 335 g/mol. The van der Waals surface area contributed by atoms with Gasteiger partial charge in [0.25, 0.3) is 0 Å². The molecule has 1 aliphatic rings. The summed E-state index contributed by atoms with van der Waals surface area (Å²) in [5, 5.41) is 13.0. The Kier molecular flexibility index (Phi) is 3.31. The fourth-order valence-electron chi connectivity index (χ4n) is 2.32. The van der Waals surface area contributed by atoms with E-state index >= 15 is 0 Å². The molecule has 0 spiro atoms. The number of rotatable bonds is 2. The quantitative estimate of drug-likeness (QED) is 0.885. The molecule has 2 aromatic rings. The first-order valence-electron chi connectivity index (χ1n) is 6.10. The van der Waals surface area contributed by atoms with Crippen molar-refractivity contribution < 1.29 is 14.3 Å². The largest absolute Gasteiger partial charge is 0.384 e. The topological polar surface area (TPSA) is 49.3 Å². The molecule has 0 radical (unpaired) electrons. The number of nitrogens with one attached hydrogen (secondary N) is 1. The Bertz CT molecular complexity index is 702. The second-order valence-corrected chi connectivity index (χ2v) is 5.63. The van der Waals surface area contributed by atoms with Crippen LogP contribution in [0.1, 0.15) is 22.8 Å². The molecule has 1 atom stereocenters. The van der Waals surface area contributed by atoms with Gasteiger partial charge in [-0.15, -0.1) is 0 Å². The number of carbonyl (C=O) groups is 1. The number of aliphatic hydroxyl groups excluding tert-OH is 1. The first kappa shape index (κ1) is 13.3. The lowest BCUT2D eigenvalue weighted by Gasteiger charge is -2.13. The predicted octanol–water partition coefficient (Wildman–Crippen LogP) is 3.16. The standard InChI is InChI=1S/C15H11BrFNO2/c16-10-2-3-11(12(17)7-10)15(20)8-1-4-13-9(5-8)6-14(19)18-13/h1-5,7,15,20H,6H2,(H,18,19). The average Bonchev–Trinajstić information content (AvgIpc) is 2.77. The van der Waals surface area contributed by atoms with Crippen LogP contribution in [-0.4, -0.2) is 11.0 Å². The molecule has 20 heavy (non-hydrogen) atoms. The molecule has 0 bridgehead atoms. The molecule has 5 heteroatoms. The van der Waals surface area contributed by atoms with Gasteiger partial charge in [0.2, 0.25) is 5.91 Å². The van der Waals surface area contributed by atoms with Crippen LogP contribution in [0.3, 0.4) is 0 Å². The molecular weight excluding hydrogens is 325 g/mol. The van der Waals surface area contributed by atoms with E-state index in [1.54, 1.807) is 30.3 Å². The van der Waals surface area contributed by atoms with Crippen molar-refractivity contribution in [1.29, 1.82) is 0 Å². The summed E-state index contributed by atoms with van der Waals surface area (Å²) in [5.41, 5.74) is 2.36. The van der Waals surface area contributed by atoms with Gasteiger partial charge in [-0.25, -0.2) is 4.39 Å². The van der Waals surface area contributed by atoms with Crippen molar-refractivity contribution in [2.75, 3.05) is 5.32 Å². The van der Waals surface area contributed by atoms with Crippen LogP contribution in [0.5, 0.6) is 0 Å². The van der Waals surface area contributed by atoms with Gasteiger partial charge >= 0.3 is 0 Å². The highest BCUT2D eigenvalue weighted by Gasteiger charge is 2.21. The molecule has 1 amide bonds. The highest BCUT2D eigenvalue weighted by molar-refractivity contribution is 9.10. The van der Waals surface area contributed by atoms with Crippen molar-refractivity contribution in [2.24, 2.45) is 0 Å². The van der Waals surface area contributed by atoms with Gasteiger partial charge in [0.05, 0.1) is 6.42 Å². The van der Waals surface area contributed by atoms with Gasteiger partial charge in [0.15, 0.2) is 0 Å². The number of benzene rings is 2. The van der Waals surface area contributed by atoms with E-state index in [4.69, 9.17) is 0 Å². The molecule has 1 heterocycles. The summed E-state index contributed by atoms with van der Waals surface area (Å²) < 4.78 is 14.5. The van der Waals surface area contributed by atoms with Gasteiger partial charge in [0, 0.05) is 15.7 Å². The predicted molar refractivity (Wildman–Crippen MR) is 76.9 cm³/mol. The lowest BCUT2D eigenvalue weighted by molar-refractivity contribution is -0.115. The number of halogens is 2. The van der Waals surface area contributed by atoms with E-state index in [0.29, 0.717) is 16.5 Å². The minimum atomic E-state index is -1.05. The third-order valence-corrected chi connectivity index (χ3v) is 3.82. The Morgan fingerprint density at radius 3 is 2.80 bits per heavy atom. The normalized spacial score (nSPS) is 14.8. The number of hydrogen-bond acceptors (Lipinski definition) is 2. The molecule has 0 aliphatic carbocycles. The van der Waals surface area contributed by atoms with Gasteiger partial charge in [-0.3, -0.25) is 4.79 Å². The highest BCUT2D eigenvalue weighted by atomic mass is 79.9. The molecule has 0 saturated carbocycles. The van der Waals surface area contributed by atoms with Gasteiger partial charge in [0.1, 0.15) is 11.9 Å². The molecule has 1 aliphatic heterocycles. The third kappa shape index (κ3) is 2.34. The van der Waals surface area contributed by atoms with E-state index in [-0.39, 0.29) is 11.5 Å². The van der Waals surface area contributed by atoms with Gasteiger partial charge in [-0.1, -0.05) is 34.1 Å². The lowest BCUT2D eigenvalue weighted by Crippen LogP contribution is -2.03. The van der Waals surface area contributed by atoms with Gasteiger partial charge < -0.3 is 10.4 Å². The Labute approximate surface area is 123 Å². The van der Waals surface area contributed by atoms with E-state index < -0.39 is 11.9 Å². The van der Waals surface area contributed by atoms with Crippen LogP contribution in [-0.2, 0) is 11.2 Å². The Hall–Kier alpha value is -1.72. The number of carbonyl (C=O) groups excluding carboxylic acids is 1. The number of amides is 1. The second-order valence-electron chi connectivity index (χ2n) is 4.71. The first-order chi connectivity index (χ1) is 9.54. The molecule has 102 valence electrons. The van der Waals surface area contributed by atoms with E-state index in [2.05, 4.69) is 21.2 Å². The molecule has 2 N–H and O–H groups in total. The van der Waals surface area contributed by atoms with Gasteiger partial charge in [-0.05, 0) is 29.3 Å². The van der Waals surface area contributed by atoms with E-state index in [0.717, 1.165) is 11.3 Å². The molecule has 0 aromatic heterocycles. The SMILES string of the molecule is O=C1Cc2cc(C(O)c3ccc(Br)cc3F)ccc2N1. The molecule has 0 saturated heterocycles. The summed E-state index contributed by atoms with van der Waals surface area (Å²) in [6, 6.07) is 9.70. The number of hydrogen-bond donors (Lipinski definition) is 2. The minimum Gasteiger partial charge on any atom is -0.384 e. The van der Waals surface area contributed by atoms with Crippen LogP contribution in [0.4, 0.5) is 10.1 Å². The Balaban J connectivity index is 1.97. The van der Waals surface area contributed by atoms with Crippen molar-refractivity contribution in [3.05, 3.63) is 63.4 Å². The molecular formula is C15H11BrFNO2. The average molecular weight is 336 g/mol. The van der Waals surface area contributed by atoms with Crippen LogP contribution in [0.2, 0.25) is 0 Å². The summed E-state index contributed by atoms with van der Waals surface area (Å²) in [6.07, 6.45) is -0.761. The van der Waals surface area contributed by atoms with Crippen molar-refractivity contribution in [3.8, 4) is 0 Å². The summed E-state index contributed by atoms with van der Waals surface area (Å²) in [4.78, 5) is 11.3. The van der Waals surface area contributed by atoms with E-state index in [1.807, 2.05) is 0 Å². The van der Waals surface area contributed by atoms with Crippen LogP contribution < -0.4 is 5.32 Å². The number of aliphatic hydroxyl groups is 1. The summed E-state index contributed by atoms with van der Waals surface area (Å²) in [6.45, 7) is 0. The smallest absolute Gasteiger partial charge is 0.228 e. The Morgan fingerprint density at radius 1 is 1.25 bits per heavy atom. The molecule has 1 unspecified atom stereocenters. The summed E-state index contributed by atoms with van der Waals surface area (Å²) in [5.74, 6) is -0.539. The molecule has 0 fully saturated rings. The fourth-order valence-corrected chi connectivity index (χ4v) is 2.66. The van der Waals surface area contributed by atoms with Crippen LogP contribution >= 0.6 is 15.9 Å². The van der Waals surface area contributed by atoms with Crippen molar-refractivity contribution in [3.63, 3.8) is 0 Å². The highest BCUT2D eigenvalue weighted by Crippen LogP contribution is 2.31. The third-order valence-electron chi connectivity index (χ3n) is 3.33. The number of fused-ring (bicyclic) bond motifs is 1. The van der Waals surface area contributed by atoms with Crippen molar-refractivity contribution >= 4 is 27.5 Å². The maximum atomic E-state index is 13.9. The zero-order chi connectivity index (χ0) is 14.3. The van der Waals surface area contributed by atoms with Crippen LogP contribution in [0.15, 0.2) is 40.9 Å². The van der Waals surface area contributed by atoms with Crippen LogP contribution in [0.25, 0.3) is 0 Å². The zero-order valence-corrected chi connectivity index (χ0v) is 11.9. The summed E-state index contributed by atoms with van der Waals surface area (Å²) in [7, 11) is 0. The number of anilines is 1. The van der Waals surface area contributed by atoms with Crippen LogP contribution in [0, 0.1) is 5.82 Å². The molecule has 2 aromatic carbocycles. The second kappa shape index (κ2) is 5.00. The lowest BCUT2D eigenvalue weighted by atomic mass is 9.98. The van der Waals surface area contributed by atoms with E-state index in [1.165, 1.54) is 6.07 Å².